The van der Waals surface area contributed by atoms with Gasteiger partial charge in [0.25, 0.3) is 5.91 Å². The lowest BCUT2D eigenvalue weighted by molar-refractivity contribution is 0.102. The molecule has 1 amide bonds. The van der Waals surface area contributed by atoms with Crippen molar-refractivity contribution in [2.75, 3.05) is 22.9 Å². The number of amides is 1. The van der Waals surface area contributed by atoms with Gasteiger partial charge in [-0.3, -0.25) is 9.52 Å². The maximum absolute atomic E-state index is 12.6. The van der Waals surface area contributed by atoms with E-state index in [-0.39, 0.29) is 11.7 Å². The third kappa shape index (κ3) is 3.81. The molecule has 6 nitrogen and oxygen atoms in total. The zero-order valence-electron chi connectivity index (χ0n) is 14.3. The third-order valence-electron chi connectivity index (χ3n) is 3.83. The first-order chi connectivity index (χ1) is 12.4. The Hall–Kier alpha value is -2.58. The van der Waals surface area contributed by atoms with E-state index < -0.39 is 10.0 Å². The molecule has 0 aliphatic rings. The second-order valence-corrected chi connectivity index (χ2v) is 8.44. The van der Waals surface area contributed by atoms with E-state index in [0.717, 1.165) is 10.1 Å². The SMILES string of the molecule is CCS(=O)(=O)Nc1ccc(NC(=O)c2csc3ccccc23)cc1OC. The molecule has 0 aliphatic carbocycles. The smallest absolute Gasteiger partial charge is 0.257 e. The van der Waals surface area contributed by atoms with Crippen LogP contribution in [0.3, 0.4) is 0 Å². The standard InChI is InChI=1S/C18H18N2O4S2/c1-3-26(22,23)20-15-9-8-12(10-16(15)24-2)19-18(21)14-11-25-17-7-5-4-6-13(14)17/h4-11,20H,3H2,1-2H3,(H,19,21). The van der Waals surface area contributed by atoms with Crippen LogP contribution in [0.15, 0.2) is 47.8 Å². The molecule has 0 unspecified atom stereocenters. The molecule has 0 atom stereocenters. The van der Waals surface area contributed by atoms with Gasteiger partial charge < -0.3 is 10.1 Å². The highest BCUT2D eigenvalue weighted by Gasteiger charge is 2.15. The number of anilines is 2. The van der Waals surface area contributed by atoms with Gasteiger partial charge in [0.2, 0.25) is 10.0 Å². The molecule has 0 fully saturated rings. The second-order valence-electron chi connectivity index (χ2n) is 5.52. The number of fused-ring (bicyclic) bond motifs is 1. The van der Waals surface area contributed by atoms with Gasteiger partial charge in [-0.15, -0.1) is 11.3 Å². The van der Waals surface area contributed by atoms with Gasteiger partial charge in [0.15, 0.2) is 0 Å². The van der Waals surface area contributed by atoms with Crippen LogP contribution < -0.4 is 14.8 Å². The lowest BCUT2D eigenvalue weighted by Gasteiger charge is -2.13. The molecule has 0 radical (unpaired) electrons. The van der Waals surface area contributed by atoms with Crippen LogP contribution in [-0.4, -0.2) is 27.2 Å². The molecule has 0 spiro atoms. The van der Waals surface area contributed by atoms with E-state index >= 15 is 0 Å². The fourth-order valence-electron chi connectivity index (χ4n) is 2.45. The summed E-state index contributed by atoms with van der Waals surface area (Å²) in [6.45, 7) is 1.55. The summed E-state index contributed by atoms with van der Waals surface area (Å²) in [6, 6.07) is 12.5. The molecule has 8 heteroatoms. The van der Waals surface area contributed by atoms with Crippen molar-refractivity contribution < 1.29 is 17.9 Å². The second kappa shape index (κ2) is 7.35. The highest BCUT2D eigenvalue weighted by Crippen LogP contribution is 2.30. The molecular weight excluding hydrogens is 372 g/mol. The minimum atomic E-state index is -3.42. The van der Waals surface area contributed by atoms with E-state index in [2.05, 4.69) is 10.0 Å². The molecule has 26 heavy (non-hydrogen) atoms. The number of carbonyl (C=O) groups is 1. The molecule has 3 aromatic rings. The first-order valence-electron chi connectivity index (χ1n) is 7.89. The molecule has 1 heterocycles. The van der Waals surface area contributed by atoms with Crippen molar-refractivity contribution in [3.8, 4) is 5.75 Å². The summed E-state index contributed by atoms with van der Waals surface area (Å²) in [5, 5.41) is 5.54. The average Bonchev–Trinajstić information content (AvgIpc) is 3.07. The summed E-state index contributed by atoms with van der Waals surface area (Å²) in [4.78, 5) is 12.6. The number of carbonyl (C=O) groups excluding carboxylic acids is 1. The minimum absolute atomic E-state index is 0.0418. The Labute approximate surface area is 155 Å². The van der Waals surface area contributed by atoms with Crippen molar-refractivity contribution >= 4 is 48.7 Å². The van der Waals surface area contributed by atoms with Crippen LogP contribution in [0.1, 0.15) is 17.3 Å². The van der Waals surface area contributed by atoms with Gasteiger partial charge in [-0.25, -0.2) is 8.42 Å². The van der Waals surface area contributed by atoms with E-state index in [9.17, 15) is 13.2 Å². The Balaban J connectivity index is 1.85. The summed E-state index contributed by atoms with van der Waals surface area (Å²) >= 11 is 1.51. The van der Waals surface area contributed by atoms with Crippen LogP contribution in [0.25, 0.3) is 10.1 Å². The Morgan fingerprint density at radius 3 is 2.69 bits per heavy atom. The van der Waals surface area contributed by atoms with Gasteiger partial charge in [0, 0.05) is 27.2 Å². The number of ether oxygens (including phenoxy) is 1. The van der Waals surface area contributed by atoms with Gasteiger partial charge in [-0.05, 0) is 25.1 Å². The normalized spacial score (nSPS) is 11.3. The predicted molar refractivity (Wildman–Crippen MR) is 106 cm³/mol. The molecule has 0 aliphatic heterocycles. The lowest BCUT2D eigenvalue weighted by atomic mass is 10.1. The van der Waals surface area contributed by atoms with E-state index in [1.54, 1.807) is 25.1 Å². The number of hydrogen-bond donors (Lipinski definition) is 2. The Morgan fingerprint density at radius 1 is 1.19 bits per heavy atom. The summed E-state index contributed by atoms with van der Waals surface area (Å²) < 4.78 is 32.2. The van der Waals surface area contributed by atoms with Crippen molar-refractivity contribution in [1.29, 1.82) is 0 Å². The minimum Gasteiger partial charge on any atom is -0.494 e. The molecular formula is C18H18N2O4S2. The number of thiophene rings is 1. The number of sulfonamides is 1. The van der Waals surface area contributed by atoms with E-state index in [1.807, 2.05) is 29.6 Å². The molecule has 1 aromatic heterocycles. The van der Waals surface area contributed by atoms with Crippen LogP contribution in [0, 0.1) is 0 Å². The quantitative estimate of drug-likeness (QED) is 0.668. The fraction of sp³-hybridized carbons (Fsp3) is 0.167. The molecule has 3 rings (SSSR count). The Kier molecular flexibility index (Phi) is 5.15. The Morgan fingerprint density at radius 2 is 1.96 bits per heavy atom. The maximum Gasteiger partial charge on any atom is 0.257 e. The number of benzene rings is 2. The van der Waals surface area contributed by atoms with Gasteiger partial charge in [0.1, 0.15) is 5.75 Å². The van der Waals surface area contributed by atoms with Gasteiger partial charge in [0.05, 0.1) is 24.1 Å². The monoisotopic (exact) mass is 390 g/mol. The van der Waals surface area contributed by atoms with Crippen LogP contribution in [-0.2, 0) is 10.0 Å². The van der Waals surface area contributed by atoms with Crippen LogP contribution in [0.4, 0.5) is 11.4 Å². The highest BCUT2D eigenvalue weighted by molar-refractivity contribution is 7.92. The summed E-state index contributed by atoms with van der Waals surface area (Å²) in [5.41, 5.74) is 1.44. The largest absolute Gasteiger partial charge is 0.494 e. The summed E-state index contributed by atoms with van der Waals surface area (Å²) in [7, 11) is -1.98. The topological polar surface area (TPSA) is 84.5 Å². The number of nitrogens with one attached hydrogen (secondary N) is 2. The van der Waals surface area contributed by atoms with Crippen LogP contribution in [0.2, 0.25) is 0 Å². The first-order valence-corrected chi connectivity index (χ1v) is 10.4. The number of rotatable bonds is 6. The van der Waals surface area contributed by atoms with Crippen LogP contribution >= 0.6 is 11.3 Å². The van der Waals surface area contributed by atoms with Gasteiger partial charge in [-0.1, -0.05) is 18.2 Å². The molecule has 2 N–H and O–H groups in total. The predicted octanol–water partition coefficient (Wildman–Crippen LogP) is 3.92. The lowest BCUT2D eigenvalue weighted by Crippen LogP contribution is -2.15. The van der Waals surface area contributed by atoms with Gasteiger partial charge >= 0.3 is 0 Å². The van der Waals surface area contributed by atoms with Crippen molar-refractivity contribution in [1.82, 2.24) is 0 Å². The van der Waals surface area contributed by atoms with E-state index in [4.69, 9.17) is 4.74 Å². The van der Waals surface area contributed by atoms with Crippen LogP contribution in [0.5, 0.6) is 5.75 Å². The van der Waals surface area contributed by atoms with Crippen molar-refractivity contribution in [2.45, 2.75) is 6.92 Å². The van der Waals surface area contributed by atoms with E-state index in [1.165, 1.54) is 18.4 Å². The summed E-state index contributed by atoms with van der Waals surface area (Å²) in [6.07, 6.45) is 0. The van der Waals surface area contributed by atoms with E-state index in [0.29, 0.717) is 22.7 Å². The zero-order valence-corrected chi connectivity index (χ0v) is 15.9. The maximum atomic E-state index is 12.6. The molecule has 0 bridgehead atoms. The average molecular weight is 390 g/mol. The highest BCUT2D eigenvalue weighted by atomic mass is 32.2. The van der Waals surface area contributed by atoms with Crippen molar-refractivity contribution in [2.24, 2.45) is 0 Å². The molecule has 0 saturated heterocycles. The number of hydrogen-bond acceptors (Lipinski definition) is 5. The fourth-order valence-corrected chi connectivity index (χ4v) is 4.03. The Bertz CT molecular complexity index is 1060. The summed E-state index contributed by atoms with van der Waals surface area (Å²) in [5.74, 6) is 0.0567. The molecule has 0 saturated carbocycles. The molecule has 2 aromatic carbocycles. The van der Waals surface area contributed by atoms with Crippen molar-refractivity contribution in [3.63, 3.8) is 0 Å². The molecule has 136 valence electrons. The van der Waals surface area contributed by atoms with Crippen molar-refractivity contribution in [3.05, 3.63) is 53.4 Å². The first kappa shape index (κ1) is 18.2. The zero-order chi connectivity index (χ0) is 18.7. The number of methoxy groups -OCH3 is 1. The van der Waals surface area contributed by atoms with Gasteiger partial charge in [-0.2, -0.15) is 0 Å². The third-order valence-corrected chi connectivity index (χ3v) is 6.08.